The Kier molecular flexibility index (Phi) is 4.11. The number of phenolic OH excluding ortho intramolecular Hbond substituents is 2. The molecule has 7 heteroatoms. The number of hydrogen-bond acceptors (Lipinski definition) is 6. The summed E-state index contributed by atoms with van der Waals surface area (Å²) in [6.07, 6.45) is 1.52. The zero-order chi connectivity index (χ0) is 17.4. The minimum Gasteiger partial charge on any atom is -0.504 e. The molecular weight excluding hydrogens is 380 g/mol. The van der Waals surface area contributed by atoms with Crippen molar-refractivity contribution in [1.82, 2.24) is 0 Å². The fourth-order valence-electron chi connectivity index (χ4n) is 2.35. The molecule has 6 nitrogen and oxygen atoms in total. The van der Waals surface area contributed by atoms with Gasteiger partial charge in [0.05, 0.1) is 19.8 Å². The average molecular weight is 393 g/mol. The number of allylic oxidation sites excluding steroid dienone is 1. The van der Waals surface area contributed by atoms with E-state index in [2.05, 4.69) is 15.9 Å². The summed E-state index contributed by atoms with van der Waals surface area (Å²) in [6.45, 7) is 0. The van der Waals surface area contributed by atoms with Gasteiger partial charge in [0.2, 0.25) is 11.5 Å². The highest BCUT2D eigenvalue weighted by atomic mass is 79.9. The number of fused-ring (bicyclic) bond motifs is 1. The lowest BCUT2D eigenvalue weighted by Gasteiger charge is -2.10. The van der Waals surface area contributed by atoms with E-state index in [9.17, 15) is 15.0 Å². The van der Waals surface area contributed by atoms with Crippen molar-refractivity contribution in [2.45, 2.75) is 0 Å². The molecule has 2 N–H and O–H groups in total. The fourth-order valence-corrected chi connectivity index (χ4v) is 2.79. The molecule has 2 aromatic carbocycles. The average Bonchev–Trinajstić information content (AvgIpc) is 2.89. The first kappa shape index (κ1) is 16.2. The second kappa shape index (κ2) is 6.09. The Labute approximate surface area is 146 Å². The number of benzene rings is 2. The van der Waals surface area contributed by atoms with Gasteiger partial charge in [-0.3, -0.25) is 4.79 Å². The minimum absolute atomic E-state index is 0.0267. The standard InChI is InChI=1S/C17H13BrO6/c1-22-12-5-8(10(18)7-13(12)23-2)6-14-15(20)9-3-4-11(19)16(21)17(9)24-14/h3-7,19,21H,1-2H3. The third-order valence-electron chi connectivity index (χ3n) is 3.58. The number of hydrogen-bond donors (Lipinski definition) is 2. The van der Waals surface area contributed by atoms with E-state index in [0.717, 1.165) is 0 Å². The normalized spacial score (nSPS) is 14.5. The molecule has 0 spiro atoms. The van der Waals surface area contributed by atoms with Crippen LogP contribution in [-0.2, 0) is 0 Å². The lowest BCUT2D eigenvalue weighted by Crippen LogP contribution is -1.99. The lowest BCUT2D eigenvalue weighted by molar-refractivity contribution is 0.101. The van der Waals surface area contributed by atoms with Crippen LogP contribution in [0, 0.1) is 0 Å². The molecule has 1 heterocycles. The molecule has 0 atom stereocenters. The van der Waals surface area contributed by atoms with Gasteiger partial charge in [-0.15, -0.1) is 0 Å². The van der Waals surface area contributed by atoms with Crippen molar-refractivity contribution in [3.05, 3.63) is 45.6 Å². The molecular formula is C17H13BrO6. The number of rotatable bonds is 3. The first-order chi connectivity index (χ1) is 11.5. The molecule has 0 bridgehead atoms. The maximum absolute atomic E-state index is 12.4. The number of carbonyl (C=O) groups excluding carboxylic acids is 1. The van der Waals surface area contributed by atoms with E-state index in [4.69, 9.17) is 14.2 Å². The first-order valence-electron chi connectivity index (χ1n) is 6.87. The quantitative estimate of drug-likeness (QED) is 0.614. The number of phenols is 2. The van der Waals surface area contributed by atoms with E-state index >= 15 is 0 Å². The largest absolute Gasteiger partial charge is 0.504 e. The summed E-state index contributed by atoms with van der Waals surface area (Å²) in [4.78, 5) is 12.4. The Morgan fingerprint density at radius 3 is 2.46 bits per heavy atom. The molecule has 124 valence electrons. The summed E-state index contributed by atoms with van der Waals surface area (Å²) in [6, 6.07) is 6.04. The molecule has 1 aliphatic heterocycles. The van der Waals surface area contributed by atoms with Crippen molar-refractivity contribution in [1.29, 1.82) is 0 Å². The summed E-state index contributed by atoms with van der Waals surface area (Å²) >= 11 is 3.40. The van der Waals surface area contributed by atoms with Gasteiger partial charge >= 0.3 is 0 Å². The SMILES string of the molecule is COc1cc(Br)c(C=C2Oc3c(ccc(O)c3O)C2=O)cc1OC. The van der Waals surface area contributed by atoms with Gasteiger partial charge in [-0.05, 0) is 35.9 Å². The van der Waals surface area contributed by atoms with Gasteiger partial charge in [0, 0.05) is 4.47 Å². The van der Waals surface area contributed by atoms with Crippen molar-refractivity contribution in [3.63, 3.8) is 0 Å². The van der Waals surface area contributed by atoms with E-state index < -0.39 is 5.75 Å². The van der Waals surface area contributed by atoms with E-state index in [1.165, 1.54) is 32.4 Å². The summed E-state index contributed by atoms with van der Waals surface area (Å²) < 4.78 is 16.6. The third-order valence-corrected chi connectivity index (χ3v) is 4.27. The van der Waals surface area contributed by atoms with Crippen molar-refractivity contribution >= 4 is 27.8 Å². The van der Waals surface area contributed by atoms with Crippen LogP contribution in [0.3, 0.4) is 0 Å². The van der Waals surface area contributed by atoms with Crippen LogP contribution in [0.4, 0.5) is 0 Å². The van der Waals surface area contributed by atoms with E-state index in [-0.39, 0.29) is 28.6 Å². The lowest BCUT2D eigenvalue weighted by atomic mass is 10.1. The number of halogens is 1. The second-order valence-corrected chi connectivity index (χ2v) is 5.83. The number of aromatic hydroxyl groups is 2. The molecule has 0 unspecified atom stereocenters. The maximum Gasteiger partial charge on any atom is 0.232 e. The minimum atomic E-state index is -0.462. The van der Waals surface area contributed by atoms with Gasteiger partial charge in [0.1, 0.15) is 0 Å². The summed E-state index contributed by atoms with van der Waals surface area (Å²) in [5.74, 6) is -0.193. The molecule has 0 aromatic heterocycles. The zero-order valence-corrected chi connectivity index (χ0v) is 14.4. The maximum atomic E-state index is 12.4. The van der Waals surface area contributed by atoms with Crippen molar-refractivity contribution in [3.8, 4) is 28.7 Å². The molecule has 3 rings (SSSR count). The van der Waals surface area contributed by atoms with Gasteiger partial charge in [-0.1, -0.05) is 15.9 Å². The molecule has 1 aliphatic rings. The van der Waals surface area contributed by atoms with Crippen LogP contribution in [0.5, 0.6) is 28.7 Å². The third kappa shape index (κ3) is 2.56. The highest BCUT2D eigenvalue weighted by Gasteiger charge is 2.31. The van der Waals surface area contributed by atoms with Crippen LogP contribution in [0.15, 0.2) is 34.5 Å². The molecule has 0 radical (unpaired) electrons. The van der Waals surface area contributed by atoms with Gasteiger partial charge in [-0.2, -0.15) is 0 Å². The monoisotopic (exact) mass is 392 g/mol. The van der Waals surface area contributed by atoms with E-state index in [1.807, 2.05) is 0 Å². The molecule has 24 heavy (non-hydrogen) atoms. The summed E-state index contributed by atoms with van der Waals surface area (Å²) in [5, 5.41) is 19.3. The van der Waals surface area contributed by atoms with E-state index in [1.54, 1.807) is 12.1 Å². The Balaban J connectivity index is 2.05. The Morgan fingerprint density at radius 1 is 1.12 bits per heavy atom. The molecule has 0 aliphatic carbocycles. The molecule has 0 amide bonds. The van der Waals surface area contributed by atoms with Gasteiger partial charge < -0.3 is 24.4 Å². The van der Waals surface area contributed by atoms with Crippen LogP contribution < -0.4 is 14.2 Å². The van der Waals surface area contributed by atoms with Crippen LogP contribution >= 0.6 is 15.9 Å². The Hall–Kier alpha value is -2.67. The summed E-state index contributed by atoms with van der Waals surface area (Å²) in [7, 11) is 3.04. The number of ether oxygens (including phenoxy) is 3. The van der Waals surface area contributed by atoms with Crippen LogP contribution in [0.25, 0.3) is 6.08 Å². The molecule has 2 aromatic rings. The molecule has 0 fully saturated rings. The Bertz CT molecular complexity index is 872. The van der Waals surface area contributed by atoms with Crippen molar-refractivity contribution in [2.75, 3.05) is 14.2 Å². The highest BCUT2D eigenvalue weighted by Crippen LogP contribution is 2.44. The number of ketones is 1. The van der Waals surface area contributed by atoms with Crippen LogP contribution in [-0.4, -0.2) is 30.2 Å². The fraction of sp³-hybridized carbons (Fsp3) is 0.118. The van der Waals surface area contributed by atoms with Crippen LogP contribution in [0.2, 0.25) is 0 Å². The van der Waals surface area contributed by atoms with Crippen molar-refractivity contribution < 1.29 is 29.2 Å². The predicted octanol–water partition coefficient (Wildman–Crippen LogP) is 3.49. The number of methoxy groups -OCH3 is 2. The smallest absolute Gasteiger partial charge is 0.232 e. The van der Waals surface area contributed by atoms with Crippen molar-refractivity contribution in [2.24, 2.45) is 0 Å². The Morgan fingerprint density at radius 2 is 1.79 bits per heavy atom. The zero-order valence-electron chi connectivity index (χ0n) is 12.8. The van der Waals surface area contributed by atoms with Gasteiger partial charge in [-0.25, -0.2) is 0 Å². The second-order valence-electron chi connectivity index (χ2n) is 4.98. The molecule has 0 saturated carbocycles. The topological polar surface area (TPSA) is 85.2 Å². The van der Waals surface area contributed by atoms with Crippen LogP contribution in [0.1, 0.15) is 15.9 Å². The number of Topliss-reactive ketones (excluding diaryl/α,β-unsaturated/α-hetero) is 1. The van der Waals surface area contributed by atoms with Gasteiger partial charge in [0.25, 0.3) is 0 Å². The molecule has 0 saturated heterocycles. The summed E-state index contributed by atoms with van der Waals surface area (Å²) in [5.41, 5.74) is 0.820. The highest BCUT2D eigenvalue weighted by molar-refractivity contribution is 9.10. The number of carbonyl (C=O) groups is 1. The van der Waals surface area contributed by atoms with E-state index in [0.29, 0.717) is 21.5 Å². The first-order valence-corrected chi connectivity index (χ1v) is 7.66. The predicted molar refractivity (Wildman–Crippen MR) is 90.0 cm³/mol. The van der Waals surface area contributed by atoms with Gasteiger partial charge in [0.15, 0.2) is 28.8 Å².